The first-order valence-corrected chi connectivity index (χ1v) is 10.4. The number of fused-ring (bicyclic) bond motifs is 1. The molecule has 0 fully saturated rings. The molecule has 0 unspecified atom stereocenters. The molecule has 164 valence electrons. The molecule has 1 N–H and O–H groups in total. The van der Waals surface area contributed by atoms with Crippen LogP contribution in [0.2, 0.25) is 0 Å². The summed E-state index contributed by atoms with van der Waals surface area (Å²) in [5.74, 6) is -0.438. The zero-order chi connectivity index (χ0) is 22.2. The Morgan fingerprint density at radius 1 is 1.19 bits per heavy atom. The van der Waals surface area contributed by atoms with Crippen LogP contribution in [0, 0.1) is 6.92 Å². The highest BCUT2D eigenvalue weighted by Crippen LogP contribution is 2.10. The Labute approximate surface area is 180 Å². The maximum absolute atomic E-state index is 12.8. The average molecular weight is 425 g/mol. The summed E-state index contributed by atoms with van der Waals surface area (Å²) in [5.41, 5.74) is 2.51. The lowest BCUT2D eigenvalue weighted by atomic mass is 10.1. The number of benzene rings is 1. The summed E-state index contributed by atoms with van der Waals surface area (Å²) in [7, 11) is 0. The smallest absolute Gasteiger partial charge is 0.305 e. The third kappa shape index (κ3) is 5.78. The van der Waals surface area contributed by atoms with E-state index in [9.17, 15) is 14.4 Å². The van der Waals surface area contributed by atoms with E-state index in [0.29, 0.717) is 43.7 Å². The number of ether oxygens (including phenoxy) is 1. The van der Waals surface area contributed by atoms with Crippen molar-refractivity contribution < 1.29 is 14.3 Å². The van der Waals surface area contributed by atoms with Crippen molar-refractivity contribution in [2.24, 2.45) is 0 Å². The lowest BCUT2D eigenvalue weighted by molar-refractivity contribution is -0.143. The first kappa shape index (κ1) is 22.2. The van der Waals surface area contributed by atoms with Crippen molar-refractivity contribution in [3.63, 3.8) is 0 Å². The summed E-state index contributed by atoms with van der Waals surface area (Å²) in [6.45, 7) is 5.28. The summed E-state index contributed by atoms with van der Waals surface area (Å²) < 4.78 is 8.01. The van der Waals surface area contributed by atoms with Crippen LogP contribution in [0.4, 0.5) is 0 Å². The number of hydrogen-bond donors (Lipinski definition) is 1. The number of nitrogens with zero attached hydrogens (tertiary/aromatic N) is 4. The molecular weight excluding hydrogens is 398 g/mol. The van der Waals surface area contributed by atoms with Gasteiger partial charge in [0.25, 0.3) is 5.56 Å². The van der Waals surface area contributed by atoms with Gasteiger partial charge in [0.05, 0.1) is 25.9 Å². The van der Waals surface area contributed by atoms with Crippen LogP contribution in [0.5, 0.6) is 0 Å². The van der Waals surface area contributed by atoms with Crippen molar-refractivity contribution in [2.45, 2.75) is 46.2 Å². The van der Waals surface area contributed by atoms with E-state index in [1.807, 2.05) is 31.2 Å². The molecule has 0 aliphatic rings. The van der Waals surface area contributed by atoms with Crippen LogP contribution in [-0.2, 0) is 27.4 Å². The molecule has 31 heavy (non-hydrogen) atoms. The van der Waals surface area contributed by atoms with Gasteiger partial charge in [-0.3, -0.25) is 19.0 Å². The normalized spacial score (nSPS) is 10.9. The molecule has 0 aliphatic carbocycles. The second-order valence-electron chi connectivity index (χ2n) is 7.22. The molecule has 3 aromatic rings. The fourth-order valence-corrected chi connectivity index (χ4v) is 3.26. The highest BCUT2D eigenvalue weighted by Gasteiger charge is 2.11. The second-order valence-corrected chi connectivity index (χ2v) is 7.22. The molecule has 0 radical (unpaired) electrons. The molecule has 0 spiro atoms. The minimum atomic E-state index is -0.294. The number of hydrogen-bond acceptors (Lipinski definition) is 6. The highest BCUT2D eigenvalue weighted by molar-refractivity contribution is 5.77. The standard InChI is InChI=1S/C22H27N5O4/c1-3-31-20(29)10-6-9-19(28)23-11-12-27-21-18(13-25-27)22(30)26(15-24-21)14-17-8-5-4-7-16(17)2/h4-5,7-8,13,15H,3,6,9-12,14H2,1-2H3,(H,23,28). The van der Waals surface area contributed by atoms with Gasteiger partial charge in [-0.2, -0.15) is 5.10 Å². The summed E-state index contributed by atoms with van der Waals surface area (Å²) >= 11 is 0. The number of esters is 1. The predicted octanol–water partition coefficient (Wildman–Crippen LogP) is 1.80. The van der Waals surface area contributed by atoms with Crippen LogP contribution in [0.25, 0.3) is 11.0 Å². The average Bonchev–Trinajstić information content (AvgIpc) is 3.15. The van der Waals surface area contributed by atoms with Crippen molar-refractivity contribution in [1.82, 2.24) is 24.6 Å². The molecule has 0 atom stereocenters. The minimum Gasteiger partial charge on any atom is -0.466 e. The largest absolute Gasteiger partial charge is 0.466 e. The molecule has 0 aliphatic heterocycles. The van der Waals surface area contributed by atoms with E-state index in [1.54, 1.807) is 16.2 Å². The van der Waals surface area contributed by atoms with E-state index in [1.165, 1.54) is 12.5 Å². The van der Waals surface area contributed by atoms with Gasteiger partial charge < -0.3 is 10.1 Å². The number of aryl methyl sites for hydroxylation is 1. The third-order valence-electron chi connectivity index (χ3n) is 4.96. The minimum absolute atomic E-state index is 0.144. The molecule has 0 bridgehead atoms. The van der Waals surface area contributed by atoms with E-state index in [-0.39, 0.29) is 30.3 Å². The molecule has 0 saturated heterocycles. The predicted molar refractivity (Wildman–Crippen MR) is 116 cm³/mol. The summed E-state index contributed by atoms with van der Waals surface area (Å²) in [6.07, 6.45) is 3.96. The Hall–Kier alpha value is -3.49. The Bertz CT molecular complexity index is 1120. The number of nitrogens with one attached hydrogen (secondary N) is 1. The van der Waals surface area contributed by atoms with E-state index in [4.69, 9.17) is 4.74 Å². The number of aromatic nitrogens is 4. The Morgan fingerprint density at radius 2 is 2.00 bits per heavy atom. The molecule has 2 heterocycles. The first-order chi connectivity index (χ1) is 15.0. The monoisotopic (exact) mass is 425 g/mol. The molecule has 9 heteroatoms. The van der Waals surface area contributed by atoms with Gasteiger partial charge in [-0.15, -0.1) is 0 Å². The lowest BCUT2D eigenvalue weighted by Gasteiger charge is -2.09. The maximum atomic E-state index is 12.8. The molecule has 0 saturated carbocycles. The summed E-state index contributed by atoms with van der Waals surface area (Å²) in [6, 6.07) is 7.91. The van der Waals surface area contributed by atoms with Crippen LogP contribution in [0.15, 0.2) is 41.6 Å². The highest BCUT2D eigenvalue weighted by atomic mass is 16.5. The molecule has 1 amide bonds. The van der Waals surface area contributed by atoms with Gasteiger partial charge in [-0.05, 0) is 31.4 Å². The van der Waals surface area contributed by atoms with Gasteiger partial charge in [0.1, 0.15) is 11.7 Å². The number of amides is 1. The Morgan fingerprint density at radius 3 is 2.77 bits per heavy atom. The molecule has 3 rings (SSSR count). The molecule has 9 nitrogen and oxygen atoms in total. The zero-order valence-corrected chi connectivity index (χ0v) is 17.8. The fraction of sp³-hybridized carbons (Fsp3) is 0.409. The molecular formula is C22H27N5O4. The van der Waals surface area contributed by atoms with Crippen molar-refractivity contribution in [3.05, 3.63) is 58.3 Å². The third-order valence-corrected chi connectivity index (χ3v) is 4.96. The van der Waals surface area contributed by atoms with Crippen LogP contribution >= 0.6 is 0 Å². The summed E-state index contributed by atoms with van der Waals surface area (Å²) in [5, 5.41) is 7.49. The van der Waals surface area contributed by atoms with Crippen LogP contribution < -0.4 is 10.9 Å². The second kappa shape index (κ2) is 10.5. The zero-order valence-electron chi connectivity index (χ0n) is 17.8. The van der Waals surface area contributed by atoms with Gasteiger partial charge in [0.2, 0.25) is 5.91 Å². The summed E-state index contributed by atoms with van der Waals surface area (Å²) in [4.78, 5) is 40.4. The van der Waals surface area contributed by atoms with Gasteiger partial charge in [0, 0.05) is 19.4 Å². The number of carbonyl (C=O) groups is 2. The Kier molecular flexibility index (Phi) is 7.53. The number of rotatable bonds is 10. The van der Waals surface area contributed by atoms with Gasteiger partial charge in [-0.1, -0.05) is 24.3 Å². The Balaban J connectivity index is 1.56. The lowest BCUT2D eigenvalue weighted by Crippen LogP contribution is -2.27. The van der Waals surface area contributed by atoms with E-state index in [2.05, 4.69) is 15.4 Å². The van der Waals surface area contributed by atoms with Crippen LogP contribution in [-0.4, -0.2) is 44.4 Å². The molecule has 2 aromatic heterocycles. The van der Waals surface area contributed by atoms with Crippen LogP contribution in [0.1, 0.15) is 37.3 Å². The maximum Gasteiger partial charge on any atom is 0.305 e. The van der Waals surface area contributed by atoms with E-state index < -0.39 is 0 Å². The van der Waals surface area contributed by atoms with Gasteiger partial charge in [0.15, 0.2) is 5.65 Å². The van der Waals surface area contributed by atoms with Crippen molar-refractivity contribution >= 4 is 22.9 Å². The van der Waals surface area contributed by atoms with Gasteiger partial charge in [-0.25, -0.2) is 9.67 Å². The fourth-order valence-electron chi connectivity index (χ4n) is 3.26. The molecule has 1 aromatic carbocycles. The van der Waals surface area contributed by atoms with E-state index >= 15 is 0 Å². The van der Waals surface area contributed by atoms with Crippen molar-refractivity contribution in [3.8, 4) is 0 Å². The SMILES string of the molecule is CCOC(=O)CCCC(=O)NCCn1ncc2c(=O)n(Cc3ccccc3C)cnc21. The van der Waals surface area contributed by atoms with Crippen molar-refractivity contribution in [1.29, 1.82) is 0 Å². The van der Waals surface area contributed by atoms with Crippen LogP contribution in [0.3, 0.4) is 0 Å². The van der Waals surface area contributed by atoms with Gasteiger partial charge >= 0.3 is 5.97 Å². The topological polar surface area (TPSA) is 108 Å². The van der Waals surface area contributed by atoms with Crippen molar-refractivity contribution in [2.75, 3.05) is 13.2 Å². The quantitative estimate of drug-likeness (QED) is 0.496. The first-order valence-electron chi connectivity index (χ1n) is 10.4. The van der Waals surface area contributed by atoms with E-state index in [0.717, 1.165) is 11.1 Å². The number of carbonyl (C=O) groups excluding carboxylic acids is 2.